The number of Topliss-reactive ketones (excluding diaryl/α,β-unsaturated/α-hetero) is 1. The Balaban J connectivity index is 3.28. The van der Waals surface area contributed by atoms with Gasteiger partial charge >= 0.3 is 0 Å². The number of carbonyl (C=O) groups is 1. The van der Waals surface area contributed by atoms with Crippen LogP contribution in [0, 0.1) is 12.7 Å². The molecule has 0 radical (unpaired) electrons. The zero-order valence-electron chi connectivity index (χ0n) is 7.10. The summed E-state index contributed by atoms with van der Waals surface area (Å²) in [5.74, 6) is -0.928. The van der Waals surface area contributed by atoms with Crippen molar-refractivity contribution in [3.63, 3.8) is 0 Å². The van der Waals surface area contributed by atoms with Gasteiger partial charge in [-0.3, -0.25) is 4.79 Å². The summed E-state index contributed by atoms with van der Waals surface area (Å²) in [5, 5.41) is 0. The number of aryl methyl sites for hydroxylation is 1. The van der Waals surface area contributed by atoms with Crippen molar-refractivity contribution in [2.24, 2.45) is 5.73 Å². The maximum absolute atomic E-state index is 13.3. The largest absolute Gasteiger partial charge is 0.324 e. The zero-order chi connectivity index (χ0) is 10.0. The molecular formula is C9H9BrFNO. The highest BCUT2D eigenvalue weighted by molar-refractivity contribution is 9.10. The molecular weight excluding hydrogens is 237 g/mol. The number of nitrogens with two attached hydrogens (primary N) is 1. The first-order valence-electron chi connectivity index (χ1n) is 3.75. The van der Waals surface area contributed by atoms with Crippen LogP contribution in [0.4, 0.5) is 4.39 Å². The molecule has 13 heavy (non-hydrogen) atoms. The molecule has 0 heterocycles. The number of carbonyl (C=O) groups excluding carboxylic acids is 1. The minimum absolute atomic E-state index is 0.0503. The van der Waals surface area contributed by atoms with E-state index in [0.717, 1.165) is 5.56 Å². The molecule has 0 aliphatic carbocycles. The summed E-state index contributed by atoms with van der Waals surface area (Å²) in [6.07, 6.45) is 0. The van der Waals surface area contributed by atoms with E-state index in [1.807, 2.05) is 0 Å². The maximum atomic E-state index is 13.3. The normalized spacial score (nSPS) is 10.2. The summed E-state index contributed by atoms with van der Waals surface area (Å²) >= 11 is 3.03. The molecule has 0 spiro atoms. The lowest BCUT2D eigenvalue weighted by atomic mass is 10.1. The molecule has 0 amide bonds. The third kappa shape index (κ3) is 2.14. The van der Waals surface area contributed by atoms with E-state index in [9.17, 15) is 9.18 Å². The van der Waals surface area contributed by atoms with Crippen molar-refractivity contribution < 1.29 is 9.18 Å². The molecule has 1 aromatic rings. The molecule has 0 saturated heterocycles. The van der Waals surface area contributed by atoms with Crippen molar-refractivity contribution in [1.82, 2.24) is 0 Å². The van der Waals surface area contributed by atoms with E-state index >= 15 is 0 Å². The summed E-state index contributed by atoms with van der Waals surface area (Å²) in [6.45, 7) is 1.62. The second kappa shape index (κ2) is 3.98. The lowest BCUT2D eigenvalue weighted by Crippen LogP contribution is -2.15. The number of hydrogen-bond acceptors (Lipinski definition) is 2. The van der Waals surface area contributed by atoms with E-state index in [2.05, 4.69) is 15.9 Å². The fourth-order valence-corrected chi connectivity index (χ4v) is 1.61. The van der Waals surface area contributed by atoms with Gasteiger partial charge < -0.3 is 5.73 Å². The third-order valence-corrected chi connectivity index (χ3v) is 2.24. The number of benzene rings is 1. The van der Waals surface area contributed by atoms with E-state index in [1.54, 1.807) is 13.0 Å². The first kappa shape index (κ1) is 10.3. The fourth-order valence-electron chi connectivity index (χ4n) is 1.04. The monoisotopic (exact) mass is 245 g/mol. The topological polar surface area (TPSA) is 43.1 Å². The van der Waals surface area contributed by atoms with Gasteiger partial charge in [0.2, 0.25) is 0 Å². The van der Waals surface area contributed by atoms with E-state index < -0.39 is 5.82 Å². The van der Waals surface area contributed by atoms with Crippen molar-refractivity contribution in [1.29, 1.82) is 0 Å². The molecule has 0 fully saturated rings. The molecule has 2 nitrogen and oxygen atoms in total. The van der Waals surface area contributed by atoms with Gasteiger partial charge in [0.15, 0.2) is 5.78 Å². The van der Waals surface area contributed by atoms with Crippen molar-refractivity contribution in [2.75, 3.05) is 6.54 Å². The Labute approximate surface area is 84.1 Å². The van der Waals surface area contributed by atoms with Crippen LogP contribution in [-0.4, -0.2) is 12.3 Å². The Kier molecular flexibility index (Phi) is 3.17. The van der Waals surface area contributed by atoms with Crippen molar-refractivity contribution in [2.45, 2.75) is 6.92 Å². The van der Waals surface area contributed by atoms with Crippen LogP contribution in [-0.2, 0) is 0 Å². The molecule has 1 aromatic carbocycles. The van der Waals surface area contributed by atoms with Gasteiger partial charge in [0, 0.05) is 0 Å². The van der Waals surface area contributed by atoms with Gasteiger partial charge in [-0.2, -0.15) is 0 Å². The zero-order valence-corrected chi connectivity index (χ0v) is 8.69. The predicted octanol–water partition coefficient (Wildman–Crippen LogP) is 2.04. The van der Waals surface area contributed by atoms with Crippen molar-refractivity contribution in [3.05, 3.63) is 33.5 Å². The minimum Gasteiger partial charge on any atom is -0.324 e. The average molecular weight is 246 g/mol. The van der Waals surface area contributed by atoms with E-state index in [1.165, 1.54) is 6.07 Å². The summed E-state index contributed by atoms with van der Waals surface area (Å²) in [7, 11) is 0. The Morgan fingerprint density at radius 2 is 2.23 bits per heavy atom. The van der Waals surface area contributed by atoms with Gasteiger partial charge in [-0.05, 0) is 40.5 Å². The van der Waals surface area contributed by atoms with Crippen LogP contribution in [0.25, 0.3) is 0 Å². The van der Waals surface area contributed by atoms with Gasteiger partial charge in [-0.1, -0.05) is 0 Å². The van der Waals surface area contributed by atoms with Gasteiger partial charge in [-0.15, -0.1) is 0 Å². The Morgan fingerprint density at radius 1 is 1.62 bits per heavy atom. The molecule has 0 aliphatic heterocycles. The van der Waals surface area contributed by atoms with Crippen LogP contribution in [0.2, 0.25) is 0 Å². The summed E-state index contributed by atoms with van der Waals surface area (Å²) in [6, 6.07) is 3.11. The van der Waals surface area contributed by atoms with Crippen LogP contribution >= 0.6 is 15.9 Å². The Morgan fingerprint density at radius 3 is 2.77 bits per heavy atom. The highest BCUT2D eigenvalue weighted by Crippen LogP contribution is 2.21. The number of halogens is 2. The van der Waals surface area contributed by atoms with Crippen LogP contribution in [0.3, 0.4) is 0 Å². The van der Waals surface area contributed by atoms with Crippen LogP contribution in [0.5, 0.6) is 0 Å². The highest BCUT2D eigenvalue weighted by Gasteiger charge is 2.13. The molecule has 0 saturated carbocycles. The molecule has 0 atom stereocenters. The second-order valence-corrected chi connectivity index (χ2v) is 3.59. The number of hydrogen-bond donors (Lipinski definition) is 1. The first-order valence-corrected chi connectivity index (χ1v) is 4.54. The van der Waals surface area contributed by atoms with E-state index in [4.69, 9.17) is 5.73 Å². The molecule has 0 aromatic heterocycles. The molecule has 4 heteroatoms. The van der Waals surface area contributed by atoms with Crippen LogP contribution < -0.4 is 5.73 Å². The molecule has 1 rings (SSSR count). The Bertz CT molecular complexity index is 352. The van der Waals surface area contributed by atoms with E-state index in [0.29, 0.717) is 4.47 Å². The van der Waals surface area contributed by atoms with Crippen LogP contribution in [0.15, 0.2) is 16.6 Å². The molecule has 0 aliphatic rings. The first-order chi connectivity index (χ1) is 6.06. The van der Waals surface area contributed by atoms with Crippen LogP contribution in [0.1, 0.15) is 15.9 Å². The standard InChI is InChI=1S/C9H9BrFNO/c1-5-2-6(8(13)4-12)9(11)7(10)3-5/h2-3H,4,12H2,1H3. The number of ketones is 1. The number of rotatable bonds is 2. The quantitative estimate of drug-likeness (QED) is 0.811. The van der Waals surface area contributed by atoms with Gasteiger partial charge in [0.05, 0.1) is 16.6 Å². The Hall–Kier alpha value is -0.740. The molecule has 0 unspecified atom stereocenters. The molecule has 2 N–H and O–H groups in total. The lowest BCUT2D eigenvalue weighted by Gasteiger charge is -2.03. The summed E-state index contributed by atoms with van der Waals surface area (Å²) < 4.78 is 13.6. The maximum Gasteiger partial charge on any atom is 0.179 e. The third-order valence-electron chi connectivity index (χ3n) is 1.66. The summed E-state index contributed by atoms with van der Waals surface area (Å²) in [4.78, 5) is 11.2. The summed E-state index contributed by atoms with van der Waals surface area (Å²) in [5.41, 5.74) is 6.02. The molecule has 0 bridgehead atoms. The SMILES string of the molecule is Cc1cc(Br)c(F)c(C(=O)CN)c1. The van der Waals surface area contributed by atoms with Crippen molar-refractivity contribution in [3.8, 4) is 0 Å². The lowest BCUT2D eigenvalue weighted by molar-refractivity contribution is 0.0997. The average Bonchev–Trinajstić information content (AvgIpc) is 2.10. The van der Waals surface area contributed by atoms with Crippen molar-refractivity contribution >= 4 is 21.7 Å². The smallest absolute Gasteiger partial charge is 0.179 e. The molecule has 70 valence electrons. The highest BCUT2D eigenvalue weighted by atomic mass is 79.9. The van der Waals surface area contributed by atoms with Gasteiger partial charge in [0.1, 0.15) is 5.82 Å². The predicted molar refractivity (Wildman–Crippen MR) is 52.2 cm³/mol. The van der Waals surface area contributed by atoms with Gasteiger partial charge in [-0.25, -0.2) is 4.39 Å². The second-order valence-electron chi connectivity index (χ2n) is 2.74. The fraction of sp³-hybridized carbons (Fsp3) is 0.222. The minimum atomic E-state index is -0.541. The van der Waals surface area contributed by atoms with Gasteiger partial charge in [0.25, 0.3) is 0 Å². The van der Waals surface area contributed by atoms with E-state index in [-0.39, 0.29) is 17.9 Å².